The van der Waals surface area contributed by atoms with E-state index in [1.54, 1.807) is 16.4 Å². The summed E-state index contributed by atoms with van der Waals surface area (Å²) in [6.45, 7) is 1.62. The predicted molar refractivity (Wildman–Crippen MR) is 85.7 cm³/mol. The molecule has 7 nitrogen and oxygen atoms in total. The van der Waals surface area contributed by atoms with E-state index in [1.807, 2.05) is 0 Å². The summed E-state index contributed by atoms with van der Waals surface area (Å²) in [7, 11) is -6.94. The lowest BCUT2D eigenvalue weighted by atomic mass is 10.2. The Morgan fingerprint density at radius 1 is 0.913 bits per heavy atom. The Morgan fingerprint density at radius 2 is 1.57 bits per heavy atom. The summed E-state index contributed by atoms with van der Waals surface area (Å²) < 4.78 is 53.0. The Bertz CT molecular complexity index is 735. The van der Waals surface area contributed by atoms with Gasteiger partial charge in [0.1, 0.15) is 0 Å². The van der Waals surface area contributed by atoms with Crippen LogP contribution in [0.3, 0.4) is 0 Å². The molecule has 0 atom stereocenters. The fourth-order valence-electron chi connectivity index (χ4n) is 3.16. The first-order valence-electron chi connectivity index (χ1n) is 7.82. The first kappa shape index (κ1) is 16.8. The van der Waals surface area contributed by atoms with Crippen molar-refractivity contribution in [1.82, 2.24) is 13.6 Å². The zero-order valence-electron chi connectivity index (χ0n) is 12.8. The molecule has 2 aliphatic heterocycles. The summed E-state index contributed by atoms with van der Waals surface area (Å²) in [6.07, 6.45) is 3.94. The highest BCUT2D eigenvalue weighted by molar-refractivity contribution is 7.90. The number of aromatic nitrogens is 1. The second kappa shape index (κ2) is 6.46. The lowest BCUT2D eigenvalue weighted by molar-refractivity contribution is 0.336. The Kier molecular flexibility index (Phi) is 4.73. The van der Waals surface area contributed by atoms with E-state index < -0.39 is 25.3 Å². The van der Waals surface area contributed by atoms with Crippen LogP contribution in [-0.2, 0) is 20.0 Å². The highest BCUT2D eigenvalue weighted by Gasteiger charge is 2.38. The maximum absolute atomic E-state index is 12.6. The molecular formula is C14H21N3O4S2. The number of hydrogen-bond acceptors (Lipinski definition) is 5. The molecule has 2 aliphatic rings. The summed E-state index contributed by atoms with van der Waals surface area (Å²) in [5, 5.41) is -0.461. The van der Waals surface area contributed by atoms with Crippen molar-refractivity contribution < 1.29 is 16.8 Å². The molecule has 0 spiro atoms. The lowest BCUT2D eigenvalue weighted by Crippen LogP contribution is -2.46. The first-order valence-corrected chi connectivity index (χ1v) is 10.8. The molecule has 2 fully saturated rings. The molecular weight excluding hydrogens is 338 g/mol. The maximum Gasteiger partial charge on any atom is 0.260 e. The zero-order chi connectivity index (χ0) is 16.5. The van der Waals surface area contributed by atoms with Crippen molar-refractivity contribution in [2.24, 2.45) is 0 Å². The molecule has 1 aromatic rings. The minimum absolute atomic E-state index is 0.0147. The Hall–Kier alpha value is -1.03. The van der Waals surface area contributed by atoms with Gasteiger partial charge in [-0.2, -0.15) is 4.31 Å². The van der Waals surface area contributed by atoms with Crippen LogP contribution in [0.25, 0.3) is 0 Å². The topological polar surface area (TPSA) is 87.6 Å². The molecule has 2 saturated heterocycles. The zero-order valence-corrected chi connectivity index (χ0v) is 14.5. The van der Waals surface area contributed by atoms with Crippen LogP contribution in [0.2, 0.25) is 0 Å². The van der Waals surface area contributed by atoms with Gasteiger partial charge in [0.2, 0.25) is 10.0 Å². The second-order valence-electron chi connectivity index (χ2n) is 5.92. The molecule has 0 amide bonds. The quantitative estimate of drug-likeness (QED) is 0.788. The number of rotatable bonds is 4. The van der Waals surface area contributed by atoms with Crippen LogP contribution in [0, 0.1) is 0 Å². The molecule has 3 heterocycles. The molecule has 0 unspecified atom stereocenters. The molecule has 1 aromatic heterocycles. The van der Waals surface area contributed by atoms with E-state index in [0.717, 1.165) is 12.8 Å². The minimum atomic E-state index is -3.64. The fourth-order valence-corrected chi connectivity index (χ4v) is 6.55. The molecule has 23 heavy (non-hydrogen) atoms. The summed E-state index contributed by atoms with van der Waals surface area (Å²) in [4.78, 5) is 3.90. The van der Waals surface area contributed by atoms with Gasteiger partial charge >= 0.3 is 0 Å². The molecule has 0 aliphatic carbocycles. The van der Waals surface area contributed by atoms with Crippen molar-refractivity contribution in [1.29, 1.82) is 0 Å². The Labute approximate surface area is 137 Å². The van der Waals surface area contributed by atoms with Crippen LogP contribution in [0.5, 0.6) is 0 Å². The van der Waals surface area contributed by atoms with E-state index in [-0.39, 0.29) is 18.1 Å². The highest BCUT2D eigenvalue weighted by Crippen LogP contribution is 2.26. The van der Waals surface area contributed by atoms with Crippen LogP contribution in [-0.4, -0.2) is 61.9 Å². The third-order valence-electron chi connectivity index (χ3n) is 4.49. The molecule has 0 saturated carbocycles. The average molecular weight is 359 g/mol. The Morgan fingerprint density at radius 3 is 2.13 bits per heavy atom. The molecule has 9 heteroatoms. The molecule has 128 valence electrons. The maximum atomic E-state index is 12.6. The molecule has 3 rings (SSSR count). The molecule has 0 N–H and O–H groups in total. The van der Waals surface area contributed by atoms with Gasteiger partial charge in [-0.1, -0.05) is 6.07 Å². The third kappa shape index (κ3) is 3.28. The van der Waals surface area contributed by atoms with Crippen molar-refractivity contribution in [2.45, 2.75) is 36.0 Å². The Balaban J connectivity index is 1.69. The van der Waals surface area contributed by atoms with Crippen molar-refractivity contribution >= 4 is 20.0 Å². The van der Waals surface area contributed by atoms with Crippen molar-refractivity contribution in [3.05, 3.63) is 24.4 Å². The monoisotopic (exact) mass is 359 g/mol. The van der Waals surface area contributed by atoms with Crippen molar-refractivity contribution in [3.8, 4) is 0 Å². The minimum Gasteiger partial charge on any atom is -0.243 e. The normalized spacial score (nSPS) is 22.4. The van der Waals surface area contributed by atoms with E-state index >= 15 is 0 Å². The van der Waals surface area contributed by atoms with E-state index in [1.165, 1.54) is 16.6 Å². The van der Waals surface area contributed by atoms with Crippen molar-refractivity contribution in [2.75, 3.05) is 26.2 Å². The predicted octanol–water partition coefficient (Wildman–Crippen LogP) is 0.660. The van der Waals surface area contributed by atoms with Crippen LogP contribution in [0.4, 0.5) is 0 Å². The van der Waals surface area contributed by atoms with Gasteiger partial charge in [-0.05, 0) is 37.8 Å². The fraction of sp³-hybridized carbons (Fsp3) is 0.643. The number of piperidine rings is 1. The largest absolute Gasteiger partial charge is 0.260 e. The number of pyridine rings is 1. The smallest absolute Gasteiger partial charge is 0.243 e. The number of nitrogens with zero attached hydrogens (tertiary/aromatic N) is 3. The van der Waals surface area contributed by atoms with E-state index in [9.17, 15) is 16.8 Å². The van der Waals surface area contributed by atoms with Gasteiger partial charge in [0.25, 0.3) is 10.0 Å². The van der Waals surface area contributed by atoms with Gasteiger partial charge in [0.15, 0.2) is 5.03 Å². The molecule has 0 aromatic carbocycles. The SMILES string of the molecule is O=S(=O)(c1ccccn1)N1CCC(S(=O)(=O)N2CCCC2)CC1. The van der Waals surface area contributed by atoms with Crippen LogP contribution >= 0.6 is 0 Å². The van der Waals surface area contributed by atoms with E-state index in [0.29, 0.717) is 25.9 Å². The third-order valence-corrected chi connectivity index (χ3v) is 8.70. The average Bonchev–Trinajstić information content (AvgIpc) is 3.11. The standard InChI is InChI=1S/C14H21N3O4S2/c18-22(19,16-9-3-4-10-16)13-6-11-17(12-7-13)23(20,21)14-5-1-2-8-15-14/h1-2,5,8,13H,3-4,6-7,9-12H2. The van der Waals surface area contributed by atoms with E-state index in [4.69, 9.17) is 0 Å². The highest BCUT2D eigenvalue weighted by atomic mass is 32.2. The van der Waals surface area contributed by atoms with Crippen LogP contribution in [0.1, 0.15) is 25.7 Å². The molecule has 0 radical (unpaired) electrons. The van der Waals surface area contributed by atoms with E-state index in [2.05, 4.69) is 4.98 Å². The van der Waals surface area contributed by atoms with Gasteiger partial charge in [0.05, 0.1) is 5.25 Å². The van der Waals surface area contributed by atoms with Crippen LogP contribution in [0.15, 0.2) is 29.4 Å². The van der Waals surface area contributed by atoms with Gasteiger partial charge in [-0.15, -0.1) is 0 Å². The summed E-state index contributed by atoms with van der Waals surface area (Å²) in [6, 6.07) is 4.75. The summed E-state index contributed by atoms with van der Waals surface area (Å²) in [5.41, 5.74) is 0. The number of sulfonamides is 2. The summed E-state index contributed by atoms with van der Waals surface area (Å²) in [5.74, 6) is 0. The summed E-state index contributed by atoms with van der Waals surface area (Å²) >= 11 is 0. The van der Waals surface area contributed by atoms with Gasteiger partial charge in [-0.25, -0.2) is 26.1 Å². The van der Waals surface area contributed by atoms with Gasteiger partial charge < -0.3 is 0 Å². The van der Waals surface area contributed by atoms with Gasteiger partial charge in [-0.3, -0.25) is 0 Å². The molecule has 0 bridgehead atoms. The van der Waals surface area contributed by atoms with Crippen LogP contribution < -0.4 is 0 Å². The lowest BCUT2D eigenvalue weighted by Gasteiger charge is -2.32. The van der Waals surface area contributed by atoms with Crippen molar-refractivity contribution in [3.63, 3.8) is 0 Å². The second-order valence-corrected chi connectivity index (χ2v) is 10.0. The number of hydrogen-bond donors (Lipinski definition) is 0. The first-order chi connectivity index (χ1) is 10.9. The van der Waals surface area contributed by atoms with Gasteiger partial charge in [0, 0.05) is 32.4 Å².